The molecule has 0 heterocycles. The standard InChI is InChI=1S/C17H18BrCl2N/c1-3-21-17(12-7-8-14(18)11(2)9-12)10-13-15(19)5-4-6-16(13)20/h4-9,17,21H,3,10H2,1-2H3. The van der Waals surface area contributed by atoms with Gasteiger partial charge in [0.2, 0.25) is 0 Å². The first-order valence-electron chi connectivity index (χ1n) is 6.95. The third-order valence-corrected chi connectivity index (χ3v) is 5.10. The van der Waals surface area contributed by atoms with Crippen molar-refractivity contribution in [1.82, 2.24) is 5.32 Å². The normalized spacial score (nSPS) is 12.4. The molecular formula is C17H18BrCl2N. The Morgan fingerprint density at radius 3 is 2.38 bits per heavy atom. The molecule has 4 heteroatoms. The minimum absolute atomic E-state index is 0.194. The Bertz CT molecular complexity index is 608. The Morgan fingerprint density at radius 1 is 1.14 bits per heavy atom. The number of nitrogens with one attached hydrogen (secondary N) is 1. The summed E-state index contributed by atoms with van der Waals surface area (Å²) in [5.74, 6) is 0. The van der Waals surface area contributed by atoms with E-state index in [-0.39, 0.29) is 6.04 Å². The Morgan fingerprint density at radius 2 is 1.81 bits per heavy atom. The van der Waals surface area contributed by atoms with Crippen molar-refractivity contribution in [2.24, 2.45) is 0 Å². The van der Waals surface area contributed by atoms with Gasteiger partial charge in [-0.25, -0.2) is 0 Å². The highest BCUT2D eigenvalue weighted by Crippen LogP contribution is 2.30. The van der Waals surface area contributed by atoms with E-state index in [0.717, 1.165) is 33.0 Å². The predicted octanol–water partition coefficient (Wildman–Crippen LogP) is 5.96. The van der Waals surface area contributed by atoms with Crippen LogP contribution in [0.5, 0.6) is 0 Å². The maximum absolute atomic E-state index is 6.30. The lowest BCUT2D eigenvalue weighted by Crippen LogP contribution is -2.23. The number of hydrogen-bond donors (Lipinski definition) is 1. The number of rotatable bonds is 5. The molecule has 0 aromatic heterocycles. The quantitative estimate of drug-likeness (QED) is 0.668. The molecule has 0 saturated carbocycles. The SMILES string of the molecule is CCNC(Cc1c(Cl)cccc1Cl)c1ccc(Br)c(C)c1. The summed E-state index contributed by atoms with van der Waals surface area (Å²) in [6.45, 7) is 5.09. The van der Waals surface area contributed by atoms with Crippen LogP contribution in [0.4, 0.5) is 0 Å². The van der Waals surface area contributed by atoms with Crippen LogP contribution in [0.25, 0.3) is 0 Å². The minimum atomic E-state index is 0.194. The molecule has 2 rings (SSSR count). The van der Waals surface area contributed by atoms with E-state index >= 15 is 0 Å². The smallest absolute Gasteiger partial charge is 0.0453 e. The van der Waals surface area contributed by atoms with E-state index in [0.29, 0.717) is 0 Å². The molecule has 112 valence electrons. The van der Waals surface area contributed by atoms with E-state index in [1.807, 2.05) is 18.2 Å². The molecule has 0 spiro atoms. The molecule has 0 amide bonds. The van der Waals surface area contributed by atoms with Gasteiger partial charge in [-0.2, -0.15) is 0 Å². The molecule has 0 aliphatic heterocycles. The molecule has 1 unspecified atom stereocenters. The summed E-state index contributed by atoms with van der Waals surface area (Å²) in [4.78, 5) is 0. The van der Waals surface area contributed by atoms with E-state index in [1.54, 1.807) is 0 Å². The van der Waals surface area contributed by atoms with E-state index in [2.05, 4.69) is 53.3 Å². The zero-order valence-corrected chi connectivity index (χ0v) is 15.2. The number of aryl methyl sites for hydroxylation is 1. The van der Waals surface area contributed by atoms with Crippen LogP contribution in [0.2, 0.25) is 10.0 Å². The zero-order chi connectivity index (χ0) is 15.4. The third-order valence-electron chi connectivity index (χ3n) is 3.50. The summed E-state index contributed by atoms with van der Waals surface area (Å²) < 4.78 is 1.12. The van der Waals surface area contributed by atoms with E-state index in [9.17, 15) is 0 Å². The maximum atomic E-state index is 6.30. The monoisotopic (exact) mass is 385 g/mol. The average Bonchev–Trinajstić information content (AvgIpc) is 2.45. The number of hydrogen-bond acceptors (Lipinski definition) is 1. The second kappa shape index (κ2) is 7.64. The van der Waals surface area contributed by atoms with Gasteiger partial charge in [-0.1, -0.05) is 64.3 Å². The first kappa shape index (κ1) is 16.8. The molecule has 1 atom stereocenters. The fourth-order valence-electron chi connectivity index (χ4n) is 2.37. The Labute approximate surface area is 144 Å². The molecule has 21 heavy (non-hydrogen) atoms. The van der Waals surface area contributed by atoms with Gasteiger partial charge in [-0.15, -0.1) is 0 Å². The van der Waals surface area contributed by atoms with E-state index in [4.69, 9.17) is 23.2 Å². The van der Waals surface area contributed by atoms with Gasteiger partial charge in [0.15, 0.2) is 0 Å². The third kappa shape index (κ3) is 4.23. The van der Waals surface area contributed by atoms with E-state index < -0.39 is 0 Å². The summed E-state index contributed by atoms with van der Waals surface area (Å²) in [6, 6.07) is 12.3. The summed E-state index contributed by atoms with van der Waals surface area (Å²) in [6.07, 6.45) is 0.771. The molecule has 0 saturated heterocycles. The Kier molecular flexibility index (Phi) is 6.12. The molecule has 0 bridgehead atoms. The Hall–Kier alpha value is -0.540. The zero-order valence-electron chi connectivity index (χ0n) is 12.1. The second-order valence-corrected chi connectivity index (χ2v) is 6.69. The van der Waals surface area contributed by atoms with Crippen LogP contribution in [-0.4, -0.2) is 6.54 Å². The van der Waals surface area contributed by atoms with Crippen molar-refractivity contribution in [1.29, 1.82) is 0 Å². The minimum Gasteiger partial charge on any atom is -0.310 e. The largest absolute Gasteiger partial charge is 0.310 e. The Balaban J connectivity index is 2.33. The van der Waals surface area contributed by atoms with Gasteiger partial charge in [-0.3, -0.25) is 0 Å². The van der Waals surface area contributed by atoms with Crippen LogP contribution in [0, 0.1) is 6.92 Å². The summed E-state index contributed by atoms with van der Waals surface area (Å²) in [5.41, 5.74) is 3.46. The highest BCUT2D eigenvalue weighted by Gasteiger charge is 2.16. The van der Waals surface area contributed by atoms with E-state index in [1.165, 1.54) is 11.1 Å². The fourth-order valence-corrected chi connectivity index (χ4v) is 3.17. The summed E-state index contributed by atoms with van der Waals surface area (Å²) in [7, 11) is 0. The lowest BCUT2D eigenvalue weighted by atomic mass is 9.97. The molecule has 0 radical (unpaired) electrons. The van der Waals surface area contributed by atoms with Crippen molar-refractivity contribution in [3.63, 3.8) is 0 Å². The summed E-state index contributed by atoms with van der Waals surface area (Å²) in [5, 5.41) is 4.96. The van der Waals surface area contributed by atoms with Gasteiger partial charge in [0.25, 0.3) is 0 Å². The van der Waals surface area contributed by atoms with Crippen molar-refractivity contribution in [3.8, 4) is 0 Å². The van der Waals surface area contributed by atoms with Gasteiger partial charge >= 0.3 is 0 Å². The lowest BCUT2D eigenvalue weighted by Gasteiger charge is -2.20. The van der Waals surface area contributed by atoms with Crippen LogP contribution in [0.15, 0.2) is 40.9 Å². The molecule has 1 N–H and O–H groups in total. The fraction of sp³-hybridized carbons (Fsp3) is 0.294. The van der Waals surface area contributed by atoms with Gasteiger partial charge < -0.3 is 5.32 Å². The highest BCUT2D eigenvalue weighted by atomic mass is 79.9. The second-order valence-electron chi connectivity index (χ2n) is 5.02. The maximum Gasteiger partial charge on any atom is 0.0453 e. The molecule has 2 aromatic rings. The van der Waals surface area contributed by atoms with Crippen LogP contribution >= 0.6 is 39.1 Å². The van der Waals surface area contributed by atoms with Crippen molar-refractivity contribution >= 4 is 39.1 Å². The van der Waals surface area contributed by atoms with Crippen molar-refractivity contribution in [2.75, 3.05) is 6.54 Å². The van der Waals surface area contributed by atoms with Crippen molar-refractivity contribution in [2.45, 2.75) is 26.3 Å². The topological polar surface area (TPSA) is 12.0 Å². The first-order chi connectivity index (χ1) is 10.0. The van der Waals surface area contributed by atoms with Crippen LogP contribution in [-0.2, 0) is 6.42 Å². The highest BCUT2D eigenvalue weighted by molar-refractivity contribution is 9.10. The van der Waals surface area contributed by atoms with Crippen molar-refractivity contribution < 1.29 is 0 Å². The van der Waals surface area contributed by atoms with Crippen LogP contribution in [0.3, 0.4) is 0 Å². The molecule has 0 aliphatic rings. The number of benzene rings is 2. The molecule has 1 nitrogen and oxygen atoms in total. The molecule has 0 fully saturated rings. The molecular weight excluding hydrogens is 369 g/mol. The molecule has 2 aromatic carbocycles. The lowest BCUT2D eigenvalue weighted by molar-refractivity contribution is 0.549. The number of likely N-dealkylation sites (N-methyl/N-ethyl adjacent to an activating group) is 1. The number of halogens is 3. The average molecular weight is 387 g/mol. The summed E-state index contributed by atoms with van der Waals surface area (Å²) >= 11 is 16.1. The van der Waals surface area contributed by atoms with Crippen LogP contribution in [0.1, 0.15) is 29.7 Å². The predicted molar refractivity (Wildman–Crippen MR) is 95.5 cm³/mol. The van der Waals surface area contributed by atoms with Crippen molar-refractivity contribution in [3.05, 3.63) is 67.6 Å². The molecule has 0 aliphatic carbocycles. The first-order valence-corrected chi connectivity index (χ1v) is 8.50. The van der Waals surface area contributed by atoms with Gasteiger partial charge in [0.1, 0.15) is 0 Å². The van der Waals surface area contributed by atoms with Gasteiger partial charge in [-0.05, 0) is 54.8 Å². The van der Waals surface area contributed by atoms with Gasteiger partial charge in [0.05, 0.1) is 0 Å². The van der Waals surface area contributed by atoms with Gasteiger partial charge in [0, 0.05) is 20.6 Å². The van der Waals surface area contributed by atoms with Crippen LogP contribution < -0.4 is 5.32 Å².